The Bertz CT molecular complexity index is 255. The van der Waals surface area contributed by atoms with E-state index in [1.54, 1.807) is 0 Å². The second-order valence-electron chi connectivity index (χ2n) is 4.94. The normalized spacial score (nSPS) is 10.6. The van der Waals surface area contributed by atoms with Crippen molar-refractivity contribution in [3.8, 4) is 0 Å². The lowest BCUT2D eigenvalue weighted by atomic mass is 10.1. The molecule has 0 aliphatic heterocycles. The number of hydrogen-bond acceptors (Lipinski definition) is 0. The Hall–Kier alpha value is -0.850. The molecule has 0 spiro atoms. The summed E-state index contributed by atoms with van der Waals surface area (Å²) in [7, 11) is 0. The topological polar surface area (TPSA) is 3.88 Å². The molecular weight excluding hydrogens is 206 g/mol. The molecule has 0 atom stereocenters. The van der Waals surface area contributed by atoms with Gasteiger partial charge in [-0.15, -0.1) is 0 Å². The number of nitrogens with zero attached hydrogens (tertiary/aromatic N) is 1. The van der Waals surface area contributed by atoms with Crippen LogP contribution in [0, 0.1) is 0 Å². The van der Waals surface area contributed by atoms with Gasteiger partial charge in [-0.2, -0.15) is 0 Å². The average molecular weight is 234 g/mol. The molecule has 0 aromatic carbocycles. The average Bonchev–Trinajstić information content (AvgIpc) is 2.38. The molecule has 96 valence electrons. The number of aryl methyl sites for hydroxylation is 1. The molecule has 1 heterocycles. The molecule has 0 radical (unpaired) electrons. The van der Waals surface area contributed by atoms with Gasteiger partial charge in [-0.25, -0.2) is 4.57 Å². The molecule has 0 fully saturated rings. The summed E-state index contributed by atoms with van der Waals surface area (Å²) in [5.74, 6) is 0. The minimum atomic E-state index is 1.18. The lowest BCUT2D eigenvalue weighted by molar-refractivity contribution is -0.697. The van der Waals surface area contributed by atoms with E-state index >= 15 is 0 Å². The van der Waals surface area contributed by atoms with Crippen LogP contribution in [0.1, 0.15) is 64.7 Å². The van der Waals surface area contributed by atoms with Crippen molar-refractivity contribution in [1.82, 2.24) is 0 Å². The first-order chi connectivity index (χ1) is 8.43. The molecule has 1 rings (SSSR count). The molecule has 0 N–H and O–H groups in total. The SMILES string of the molecule is CCCCCCCCCCC[n+]1ccccc1. The Morgan fingerprint density at radius 1 is 0.647 bits per heavy atom. The highest BCUT2D eigenvalue weighted by atomic mass is 14.9. The molecule has 0 bridgehead atoms. The fraction of sp³-hybridized carbons (Fsp3) is 0.688. The maximum atomic E-state index is 2.28. The van der Waals surface area contributed by atoms with Gasteiger partial charge in [0.25, 0.3) is 0 Å². The van der Waals surface area contributed by atoms with E-state index in [2.05, 4.69) is 42.1 Å². The molecule has 1 aromatic rings. The van der Waals surface area contributed by atoms with Gasteiger partial charge >= 0.3 is 0 Å². The summed E-state index contributed by atoms with van der Waals surface area (Å²) in [5, 5.41) is 0. The maximum Gasteiger partial charge on any atom is 0.168 e. The highest BCUT2D eigenvalue weighted by molar-refractivity contribution is 4.83. The van der Waals surface area contributed by atoms with Gasteiger partial charge in [-0.3, -0.25) is 0 Å². The zero-order chi connectivity index (χ0) is 12.2. The van der Waals surface area contributed by atoms with Gasteiger partial charge in [0.1, 0.15) is 6.54 Å². The van der Waals surface area contributed by atoms with E-state index in [9.17, 15) is 0 Å². The van der Waals surface area contributed by atoms with Crippen LogP contribution in [0.25, 0.3) is 0 Å². The molecule has 1 nitrogen and oxygen atoms in total. The maximum absolute atomic E-state index is 2.28. The summed E-state index contributed by atoms with van der Waals surface area (Å²) in [4.78, 5) is 0. The summed E-state index contributed by atoms with van der Waals surface area (Å²) in [6.07, 6.45) is 17.0. The third kappa shape index (κ3) is 7.95. The van der Waals surface area contributed by atoms with Crippen molar-refractivity contribution in [2.24, 2.45) is 0 Å². The number of unbranched alkanes of at least 4 members (excludes halogenated alkanes) is 8. The smallest absolute Gasteiger partial charge is 0.168 e. The quantitative estimate of drug-likeness (QED) is 0.414. The van der Waals surface area contributed by atoms with Gasteiger partial charge in [-0.1, -0.05) is 57.9 Å². The fourth-order valence-corrected chi connectivity index (χ4v) is 2.19. The number of rotatable bonds is 10. The molecule has 1 aromatic heterocycles. The van der Waals surface area contributed by atoms with Gasteiger partial charge in [0.15, 0.2) is 12.4 Å². The second kappa shape index (κ2) is 10.3. The van der Waals surface area contributed by atoms with Crippen molar-refractivity contribution in [2.45, 2.75) is 71.3 Å². The molecule has 0 aliphatic carbocycles. The predicted molar refractivity (Wildman–Crippen MR) is 73.9 cm³/mol. The summed E-state index contributed by atoms with van der Waals surface area (Å²) < 4.78 is 2.28. The van der Waals surface area contributed by atoms with Crippen LogP contribution in [-0.4, -0.2) is 0 Å². The Morgan fingerprint density at radius 3 is 1.76 bits per heavy atom. The van der Waals surface area contributed by atoms with Crippen LogP contribution in [0.3, 0.4) is 0 Å². The zero-order valence-electron chi connectivity index (χ0n) is 11.4. The Kier molecular flexibility index (Phi) is 8.62. The molecule has 17 heavy (non-hydrogen) atoms. The van der Waals surface area contributed by atoms with E-state index in [4.69, 9.17) is 0 Å². The van der Waals surface area contributed by atoms with Gasteiger partial charge in [-0.05, 0) is 6.42 Å². The summed E-state index contributed by atoms with van der Waals surface area (Å²) in [6, 6.07) is 6.29. The Balaban J connectivity index is 1.85. The van der Waals surface area contributed by atoms with E-state index < -0.39 is 0 Å². The van der Waals surface area contributed by atoms with Crippen molar-refractivity contribution in [3.63, 3.8) is 0 Å². The van der Waals surface area contributed by atoms with E-state index in [-0.39, 0.29) is 0 Å². The van der Waals surface area contributed by atoms with Crippen LogP contribution in [-0.2, 0) is 6.54 Å². The van der Waals surface area contributed by atoms with Crippen LogP contribution in [0.5, 0.6) is 0 Å². The largest absolute Gasteiger partial charge is 0.205 e. The van der Waals surface area contributed by atoms with E-state index in [0.29, 0.717) is 0 Å². The number of hydrogen-bond donors (Lipinski definition) is 0. The first-order valence-corrected chi connectivity index (χ1v) is 7.37. The minimum Gasteiger partial charge on any atom is -0.205 e. The zero-order valence-corrected chi connectivity index (χ0v) is 11.4. The second-order valence-corrected chi connectivity index (χ2v) is 4.94. The monoisotopic (exact) mass is 234 g/mol. The molecular formula is C16H28N+. The van der Waals surface area contributed by atoms with Crippen molar-refractivity contribution in [1.29, 1.82) is 0 Å². The summed E-state index contributed by atoms with van der Waals surface area (Å²) >= 11 is 0. The van der Waals surface area contributed by atoms with Gasteiger partial charge in [0, 0.05) is 18.6 Å². The van der Waals surface area contributed by atoms with Crippen LogP contribution in [0.4, 0.5) is 0 Å². The van der Waals surface area contributed by atoms with Crippen LogP contribution in [0.2, 0.25) is 0 Å². The predicted octanol–water partition coefficient (Wildman–Crippen LogP) is 4.50. The van der Waals surface area contributed by atoms with Crippen LogP contribution < -0.4 is 4.57 Å². The van der Waals surface area contributed by atoms with Gasteiger partial charge in [0.2, 0.25) is 0 Å². The summed E-state index contributed by atoms with van der Waals surface area (Å²) in [5.41, 5.74) is 0. The molecule has 0 saturated carbocycles. The van der Waals surface area contributed by atoms with Gasteiger partial charge in [0.05, 0.1) is 0 Å². The van der Waals surface area contributed by atoms with Crippen molar-refractivity contribution >= 4 is 0 Å². The highest BCUT2D eigenvalue weighted by Gasteiger charge is 1.97. The van der Waals surface area contributed by atoms with Crippen molar-refractivity contribution < 1.29 is 4.57 Å². The summed E-state index contributed by atoms with van der Waals surface area (Å²) in [6.45, 7) is 3.46. The molecule has 0 aliphatic rings. The minimum absolute atomic E-state index is 1.18. The highest BCUT2D eigenvalue weighted by Crippen LogP contribution is 2.09. The number of aromatic nitrogens is 1. The van der Waals surface area contributed by atoms with Crippen LogP contribution in [0.15, 0.2) is 30.6 Å². The first kappa shape index (κ1) is 14.2. The fourth-order valence-electron chi connectivity index (χ4n) is 2.19. The molecule has 0 saturated heterocycles. The van der Waals surface area contributed by atoms with Crippen molar-refractivity contribution in [2.75, 3.05) is 0 Å². The Labute approximate surface area is 107 Å². The third-order valence-electron chi connectivity index (χ3n) is 3.30. The van der Waals surface area contributed by atoms with Crippen LogP contribution >= 0.6 is 0 Å². The van der Waals surface area contributed by atoms with E-state index in [1.165, 1.54) is 64.3 Å². The van der Waals surface area contributed by atoms with E-state index in [1.807, 2.05) is 0 Å². The lowest BCUT2D eigenvalue weighted by Crippen LogP contribution is -2.32. The van der Waals surface area contributed by atoms with E-state index in [0.717, 1.165) is 0 Å². The van der Waals surface area contributed by atoms with Gasteiger partial charge < -0.3 is 0 Å². The molecule has 1 heteroatoms. The number of pyridine rings is 1. The lowest BCUT2D eigenvalue weighted by Gasteiger charge is -2.00. The van der Waals surface area contributed by atoms with Crippen molar-refractivity contribution in [3.05, 3.63) is 30.6 Å². The Morgan fingerprint density at radius 2 is 1.18 bits per heavy atom. The first-order valence-electron chi connectivity index (χ1n) is 7.37. The molecule has 0 amide bonds. The third-order valence-corrected chi connectivity index (χ3v) is 3.30. The molecule has 0 unspecified atom stereocenters. The standard InChI is InChI=1S/C16H28N/c1-2-3-4-5-6-7-8-9-11-14-17-15-12-10-13-16-17/h10,12-13,15-16H,2-9,11,14H2,1H3/q+1.